The van der Waals surface area contributed by atoms with Crippen LogP contribution in [-0.4, -0.2) is 58.3 Å². The molecule has 214 valence electrons. The fraction of sp³-hybridized carbons (Fsp3) is 0.182. The fourth-order valence-electron chi connectivity index (χ4n) is 4.75. The summed E-state index contributed by atoms with van der Waals surface area (Å²) in [6, 6.07) is 23.9. The number of aromatic nitrogens is 4. The van der Waals surface area contributed by atoms with E-state index in [4.69, 9.17) is 9.47 Å². The van der Waals surface area contributed by atoms with Gasteiger partial charge in [-0.15, -0.1) is 5.10 Å². The smallest absolute Gasteiger partial charge is 0.291 e. The Kier molecular flexibility index (Phi) is 7.95. The molecule has 0 radical (unpaired) electrons. The van der Waals surface area contributed by atoms with Gasteiger partial charge in [0.2, 0.25) is 5.82 Å². The van der Waals surface area contributed by atoms with Gasteiger partial charge in [0.1, 0.15) is 30.0 Å². The minimum atomic E-state index is -0.920. The fourth-order valence-corrected chi connectivity index (χ4v) is 4.75. The molecule has 2 aromatic heterocycles. The second-order valence-electron chi connectivity index (χ2n) is 9.91. The number of amides is 2. The van der Waals surface area contributed by atoms with Crippen LogP contribution in [0.15, 0.2) is 85.1 Å². The zero-order valence-electron chi connectivity index (χ0n) is 23.4. The van der Waals surface area contributed by atoms with Crippen LogP contribution < -0.4 is 19.7 Å². The number of carbonyl (C=O) groups excluding carboxylic acids is 2. The predicted molar refractivity (Wildman–Crippen MR) is 161 cm³/mol. The van der Waals surface area contributed by atoms with Crippen molar-refractivity contribution in [1.82, 2.24) is 25.5 Å². The van der Waals surface area contributed by atoms with E-state index in [9.17, 15) is 9.59 Å². The highest BCUT2D eigenvalue weighted by molar-refractivity contribution is 6.02. The number of rotatable bonds is 7. The van der Waals surface area contributed by atoms with Crippen molar-refractivity contribution in [3.05, 3.63) is 108 Å². The van der Waals surface area contributed by atoms with Gasteiger partial charge in [0.15, 0.2) is 0 Å². The van der Waals surface area contributed by atoms with Crippen LogP contribution in [0.5, 0.6) is 11.5 Å². The number of fused-ring (bicyclic) bond motifs is 2. The Morgan fingerprint density at radius 3 is 2.88 bits per heavy atom. The van der Waals surface area contributed by atoms with E-state index in [2.05, 4.69) is 37.3 Å². The molecular formula is C33H28N6O4. The van der Waals surface area contributed by atoms with E-state index < -0.39 is 11.9 Å². The van der Waals surface area contributed by atoms with Crippen LogP contribution in [0, 0.1) is 11.8 Å². The summed E-state index contributed by atoms with van der Waals surface area (Å²) in [6.45, 7) is 0.392. The van der Waals surface area contributed by atoms with Gasteiger partial charge in [-0.25, -0.2) is 4.98 Å². The Morgan fingerprint density at radius 1 is 1.12 bits per heavy atom. The van der Waals surface area contributed by atoms with Gasteiger partial charge in [-0.3, -0.25) is 19.7 Å². The standard InChI is InChI=1S/C33H28N6O4/c1-39-27-19-23(11-5-6-18-42-28-14-7-13-25-24(28)12-8-17-34-25)15-16-29(27)43-21-26(33(39)41)35-32(40)31-36-30(37-38-31)20-22-9-3-2-4-10-22/h2-4,7-10,12-17,19,26H,6,18,20-21H2,1H3,(H,35,40)(H,36,37,38)/t26-/m1/s1. The lowest BCUT2D eigenvalue weighted by atomic mass is 10.1. The van der Waals surface area contributed by atoms with E-state index in [0.29, 0.717) is 36.7 Å². The SMILES string of the molecule is CN1C(=O)[C@H](NC(=O)c2n[nH]c(Cc3ccccc3)n2)COc2ccc(C#CCCOc3cccc4ncccc34)cc21. The van der Waals surface area contributed by atoms with Crippen LogP contribution in [0.25, 0.3) is 10.9 Å². The third-order valence-corrected chi connectivity index (χ3v) is 6.93. The van der Waals surface area contributed by atoms with E-state index in [-0.39, 0.29) is 18.3 Å². The average Bonchev–Trinajstić information content (AvgIpc) is 3.47. The van der Waals surface area contributed by atoms with Crippen LogP contribution in [0.4, 0.5) is 5.69 Å². The van der Waals surface area contributed by atoms with Crippen molar-refractivity contribution in [2.45, 2.75) is 18.9 Å². The molecule has 10 heteroatoms. The topological polar surface area (TPSA) is 122 Å². The Morgan fingerprint density at radius 2 is 2.00 bits per heavy atom. The van der Waals surface area contributed by atoms with E-state index in [1.807, 2.05) is 66.7 Å². The maximum atomic E-state index is 13.3. The van der Waals surface area contributed by atoms with Crippen LogP contribution >= 0.6 is 0 Å². The molecule has 0 spiro atoms. The highest BCUT2D eigenvalue weighted by atomic mass is 16.5. The molecule has 1 aliphatic rings. The molecule has 0 bridgehead atoms. The van der Waals surface area contributed by atoms with Crippen molar-refractivity contribution in [3.8, 4) is 23.3 Å². The van der Waals surface area contributed by atoms with Crippen LogP contribution in [0.2, 0.25) is 0 Å². The number of H-pyrrole nitrogens is 1. The van der Waals surface area contributed by atoms with Crippen molar-refractivity contribution in [3.63, 3.8) is 0 Å². The van der Waals surface area contributed by atoms with Gasteiger partial charge >= 0.3 is 0 Å². The molecule has 5 aromatic rings. The number of likely N-dealkylation sites (N-methyl/N-ethyl adjacent to an activating group) is 1. The number of hydrogen-bond donors (Lipinski definition) is 2. The Balaban J connectivity index is 1.06. The number of aromatic amines is 1. The largest absolute Gasteiger partial charge is 0.492 e. The van der Waals surface area contributed by atoms with Crippen molar-refractivity contribution < 1.29 is 19.1 Å². The van der Waals surface area contributed by atoms with Gasteiger partial charge in [0, 0.05) is 37.0 Å². The van der Waals surface area contributed by atoms with Crippen molar-refractivity contribution in [1.29, 1.82) is 0 Å². The molecule has 0 saturated heterocycles. The maximum Gasteiger partial charge on any atom is 0.291 e. The highest BCUT2D eigenvalue weighted by Crippen LogP contribution is 2.31. The molecule has 2 N–H and O–H groups in total. The number of nitrogens with one attached hydrogen (secondary N) is 2. The molecule has 10 nitrogen and oxygen atoms in total. The van der Waals surface area contributed by atoms with Crippen molar-refractivity contribution >= 4 is 28.4 Å². The predicted octanol–water partition coefficient (Wildman–Crippen LogP) is 3.92. The lowest BCUT2D eigenvalue weighted by molar-refractivity contribution is -0.120. The van der Waals surface area contributed by atoms with Gasteiger partial charge in [-0.2, -0.15) is 0 Å². The zero-order valence-corrected chi connectivity index (χ0v) is 23.4. The molecule has 2 amide bonds. The summed E-state index contributed by atoms with van der Waals surface area (Å²) in [7, 11) is 1.64. The monoisotopic (exact) mass is 572 g/mol. The number of anilines is 1. The first-order valence-electron chi connectivity index (χ1n) is 13.8. The third kappa shape index (κ3) is 6.31. The Bertz CT molecular complexity index is 1840. The summed E-state index contributed by atoms with van der Waals surface area (Å²) in [4.78, 5) is 36.3. The van der Waals surface area contributed by atoms with E-state index in [0.717, 1.165) is 27.8 Å². The van der Waals surface area contributed by atoms with Crippen molar-refractivity contribution in [2.75, 3.05) is 25.2 Å². The highest BCUT2D eigenvalue weighted by Gasteiger charge is 2.31. The molecular weight excluding hydrogens is 544 g/mol. The van der Waals surface area contributed by atoms with E-state index >= 15 is 0 Å². The summed E-state index contributed by atoms with van der Waals surface area (Å²) in [5, 5.41) is 10.5. The van der Waals surface area contributed by atoms with Crippen molar-refractivity contribution in [2.24, 2.45) is 0 Å². The quantitative estimate of drug-likeness (QED) is 0.224. The first-order chi connectivity index (χ1) is 21.0. The molecule has 1 aliphatic heterocycles. The first-order valence-corrected chi connectivity index (χ1v) is 13.8. The van der Waals surface area contributed by atoms with Crippen LogP contribution in [0.3, 0.4) is 0 Å². The summed E-state index contributed by atoms with van der Waals surface area (Å²) >= 11 is 0. The van der Waals surface area contributed by atoms with Crippen LogP contribution in [0.1, 0.15) is 34.0 Å². The molecule has 0 fully saturated rings. The lowest BCUT2D eigenvalue weighted by Crippen LogP contribution is -2.49. The summed E-state index contributed by atoms with van der Waals surface area (Å²) in [5.74, 6) is 7.18. The summed E-state index contributed by atoms with van der Waals surface area (Å²) in [5.41, 5.74) is 3.21. The molecule has 1 atom stereocenters. The second kappa shape index (κ2) is 12.4. The number of hydrogen-bond acceptors (Lipinski definition) is 7. The van der Waals surface area contributed by atoms with Gasteiger partial charge in [-0.05, 0) is 48.0 Å². The Hall–Kier alpha value is -5.69. The van der Waals surface area contributed by atoms with Crippen LogP contribution in [-0.2, 0) is 11.2 Å². The normalized spacial score (nSPS) is 14.2. The number of nitrogens with zero attached hydrogens (tertiary/aromatic N) is 4. The maximum absolute atomic E-state index is 13.3. The molecule has 0 saturated carbocycles. The molecule has 0 unspecified atom stereocenters. The van der Waals surface area contributed by atoms with E-state index in [1.165, 1.54) is 4.90 Å². The second-order valence-corrected chi connectivity index (χ2v) is 9.91. The molecule has 3 aromatic carbocycles. The molecule has 43 heavy (non-hydrogen) atoms. The summed E-state index contributed by atoms with van der Waals surface area (Å²) in [6.07, 6.45) is 2.78. The minimum Gasteiger partial charge on any atom is -0.492 e. The lowest BCUT2D eigenvalue weighted by Gasteiger charge is -2.20. The minimum absolute atomic E-state index is 0.0325. The first kappa shape index (κ1) is 27.5. The average molecular weight is 573 g/mol. The third-order valence-electron chi connectivity index (χ3n) is 6.93. The van der Waals surface area contributed by atoms with Gasteiger partial charge in [0.25, 0.3) is 11.8 Å². The molecule has 0 aliphatic carbocycles. The van der Waals surface area contributed by atoms with Gasteiger partial charge in [0.05, 0.1) is 17.8 Å². The number of carbonyl (C=O) groups is 2. The van der Waals surface area contributed by atoms with Gasteiger partial charge in [-0.1, -0.05) is 48.2 Å². The van der Waals surface area contributed by atoms with E-state index in [1.54, 1.807) is 25.4 Å². The number of ether oxygens (including phenoxy) is 2. The number of benzene rings is 3. The van der Waals surface area contributed by atoms with Gasteiger partial charge < -0.3 is 19.7 Å². The number of pyridine rings is 1. The zero-order chi connectivity index (χ0) is 29.6. The molecule has 3 heterocycles. The summed E-state index contributed by atoms with van der Waals surface area (Å²) < 4.78 is 11.8. The molecule has 6 rings (SSSR count). The Labute approximate surface area is 248 Å².